The summed E-state index contributed by atoms with van der Waals surface area (Å²) in [6, 6.07) is 4.69. The molecule has 9 heteroatoms. The maximum absolute atomic E-state index is 12.9. The van der Waals surface area contributed by atoms with Gasteiger partial charge in [-0.15, -0.1) is 0 Å². The first-order chi connectivity index (χ1) is 12.7. The number of phenols is 1. The van der Waals surface area contributed by atoms with E-state index in [1.54, 1.807) is 23.0 Å². The number of nitrogens with zero attached hydrogens (tertiary/aromatic N) is 3. The minimum absolute atomic E-state index is 0.226. The summed E-state index contributed by atoms with van der Waals surface area (Å²) in [6.45, 7) is 2.06. The fraction of sp³-hybridized carbons (Fsp3) is 0.333. The molecule has 1 aliphatic rings. The highest BCUT2D eigenvalue weighted by atomic mass is 19.4. The predicted octanol–water partition coefficient (Wildman–Crippen LogP) is 3.06. The van der Waals surface area contributed by atoms with Gasteiger partial charge in [0.05, 0.1) is 24.5 Å². The number of aromatic hydroxyl groups is 1. The van der Waals surface area contributed by atoms with E-state index < -0.39 is 23.6 Å². The van der Waals surface area contributed by atoms with E-state index in [1.807, 2.05) is 0 Å². The molecule has 0 bridgehead atoms. The predicted molar refractivity (Wildman–Crippen MR) is 90.2 cm³/mol. The van der Waals surface area contributed by atoms with E-state index in [4.69, 9.17) is 4.74 Å². The van der Waals surface area contributed by atoms with Crippen LogP contribution in [0.1, 0.15) is 17.2 Å². The van der Waals surface area contributed by atoms with Crippen LogP contribution in [-0.4, -0.2) is 44.3 Å². The van der Waals surface area contributed by atoms with Crippen LogP contribution < -0.4 is 0 Å². The van der Waals surface area contributed by atoms with Crippen molar-refractivity contribution in [3.8, 4) is 17.0 Å². The molecule has 2 unspecified atom stereocenters. The van der Waals surface area contributed by atoms with Gasteiger partial charge in [0.2, 0.25) is 0 Å². The summed E-state index contributed by atoms with van der Waals surface area (Å²) in [5.74, 6) is -0.492. The number of hydrogen-bond acceptors (Lipinski definition) is 5. The van der Waals surface area contributed by atoms with Crippen molar-refractivity contribution in [1.29, 1.82) is 0 Å². The first-order valence-corrected chi connectivity index (χ1v) is 8.27. The molecule has 3 heterocycles. The Morgan fingerprint density at radius 3 is 2.63 bits per heavy atom. The number of phenolic OH excluding ortho intramolecular Hbond substituents is 1. The fourth-order valence-electron chi connectivity index (χ4n) is 3.28. The molecule has 1 saturated heterocycles. The lowest BCUT2D eigenvalue weighted by Gasteiger charge is -2.13. The Hall–Kier alpha value is -2.65. The Morgan fingerprint density at radius 2 is 2.00 bits per heavy atom. The number of ether oxygens (including phenoxy) is 1. The van der Waals surface area contributed by atoms with E-state index in [2.05, 4.69) is 10.1 Å². The zero-order valence-corrected chi connectivity index (χ0v) is 14.2. The molecule has 4 rings (SSSR count). The molecule has 27 heavy (non-hydrogen) atoms. The van der Waals surface area contributed by atoms with Gasteiger partial charge in [-0.2, -0.15) is 18.3 Å². The minimum atomic E-state index is -4.54. The van der Waals surface area contributed by atoms with Crippen LogP contribution in [0, 0.1) is 6.92 Å². The van der Waals surface area contributed by atoms with Gasteiger partial charge in [-0.1, -0.05) is 0 Å². The zero-order valence-electron chi connectivity index (χ0n) is 14.2. The standard InChI is InChI=1S/C18H16F3N3O3/c1-9-4-11(18(19,20)21)5-14(25)16(9)12-3-2-10-6-24(23-17(10)22-12)13-7-27-8-15(13)26/h2-6,13,15,25-26H,7-8H2,1H3. The molecule has 0 spiro atoms. The van der Waals surface area contributed by atoms with Crippen molar-refractivity contribution < 1.29 is 28.1 Å². The highest BCUT2D eigenvalue weighted by molar-refractivity contribution is 5.80. The third-order valence-corrected chi connectivity index (χ3v) is 4.65. The van der Waals surface area contributed by atoms with Crippen LogP contribution in [0.4, 0.5) is 13.2 Å². The smallest absolute Gasteiger partial charge is 0.416 e. The summed E-state index contributed by atoms with van der Waals surface area (Å²) in [7, 11) is 0. The summed E-state index contributed by atoms with van der Waals surface area (Å²) in [5, 5.41) is 25.2. The second-order valence-corrected chi connectivity index (χ2v) is 6.58. The van der Waals surface area contributed by atoms with Gasteiger partial charge in [0.15, 0.2) is 5.65 Å². The molecule has 142 valence electrons. The largest absolute Gasteiger partial charge is 0.507 e. The van der Waals surface area contributed by atoms with Crippen molar-refractivity contribution >= 4 is 11.0 Å². The topological polar surface area (TPSA) is 80.4 Å². The van der Waals surface area contributed by atoms with E-state index in [0.29, 0.717) is 29.4 Å². The highest BCUT2D eigenvalue weighted by Crippen LogP contribution is 2.38. The molecular weight excluding hydrogens is 363 g/mol. The number of aliphatic hydroxyl groups is 1. The number of alkyl halides is 3. The van der Waals surface area contributed by atoms with Gasteiger partial charge in [0, 0.05) is 17.1 Å². The Labute approximate surface area is 151 Å². The minimum Gasteiger partial charge on any atom is -0.507 e. The number of aliphatic hydroxyl groups excluding tert-OH is 1. The van der Waals surface area contributed by atoms with Crippen LogP contribution in [0.5, 0.6) is 5.75 Å². The van der Waals surface area contributed by atoms with E-state index in [1.165, 1.54) is 6.92 Å². The molecule has 1 aliphatic heterocycles. The second-order valence-electron chi connectivity index (χ2n) is 6.58. The van der Waals surface area contributed by atoms with Gasteiger partial charge in [-0.3, -0.25) is 4.68 Å². The van der Waals surface area contributed by atoms with Crippen molar-refractivity contribution in [2.45, 2.75) is 25.2 Å². The van der Waals surface area contributed by atoms with Crippen LogP contribution >= 0.6 is 0 Å². The number of aryl methyl sites for hydroxylation is 1. The fourth-order valence-corrected chi connectivity index (χ4v) is 3.28. The Kier molecular flexibility index (Phi) is 4.08. The molecule has 2 N–H and O–H groups in total. The average Bonchev–Trinajstić information content (AvgIpc) is 3.18. The van der Waals surface area contributed by atoms with Gasteiger partial charge in [-0.25, -0.2) is 4.98 Å². The Bertz CT molecular complexity index is 993. The third kappa shape index (κ3) is 3.13. The first kappa shape index (κ1) is 17.7. The van der Waals surface area contributed by atoms with Crippen molar-refractivity contribution in [1.82, 2.24) is 14.8 Å². The van der Waals surface area contributed by atoms with Gasteiger partial charge in [0.1, 0.15) is 17.9 Å². The summed E-state index contributed by atoms with van der Waals surface area (Å²) in [6.07, 6.45) is -3.48. The highest BCUT2D eigenvalue weighted by Gasteiger charge is 2.32. The van der Waals surface area contributed by atoms with E-state index in [9.17, 15) is 23.4 Å². The van der Waals surface area contributed by atoms with Gasteiger partial charge in [-0.05, 0) is 36.8 Å². The molecule has 3 aromatic rings. The number of fused-ring (bicyclic) bond motifs is 1. The van der Waals surface area contributed by atoms with Crippen molar-refractivity contribution in [3.05, 3.63) is 41.6 Å². The average molecular weight is 379 g/mol. The zero-order chi connectivity index (χ0) is 19.3. The van der Waals surface area contributed by atoms with Crippen LogP contribution in [0.15, 0.2) is 30.5 Å². The monoisotopic (exact) mass is 379 g/mol. The summed E-state index contributed by atoms with van der Waals surface area (Å²) >= 11 is 0. The summed E-state index contributed by atoms with van der Waals surface area (Å²) in [4.78, 5) is 4.38. The number of halogens is 3. The number of hydrogen-bond donors (Lipinski definition) is 2. The molecule has 2 aromatic heterocycles. The van der Waals surface area contributed by atoms with Crippen LogP contribution in [0.3, 0.4) is 0 Å². The number of pyridine rings is 1. The molecule has 0 amide bonds. The first-order valence-electron chi connectivity index (χ1n) is 8.27. The molecule has 1 fully saturated rings. The Morgan fingerprint density at radius 1 is 1.22 bits per heavy atom. The summed E-state index contributed by atoms with van der Waals surface area (Å²) in [5.41, 5.74) is 0.253. The van der Waals surface area contributed by atoms with E-state index in [-0.39, 0.29) is 23.8 Å². The number of benzene rings is 1. The molecule has 0 saturated carbocycles. The number of rotatable bonds is 2. The molecular formula is C18H16F3N3O3. The van der Waals surface area contributed by atoms with Crippen LogP contribution in [0.2, 0.25) is 0 Å². The van der Waals surface area contributed by atoms with Crippen LogP contribution in [0.25, 0.3) is 22.3 Å². The van der Waals surface area contributed by atoms with Gasteiger partial charge in [0.25, 0.3) is 0 Å². The van der Waals surface area contributed by atoms with Crippen molar-refractivity contribution in [2.24, 2.45) is 0 Å². The maximum atomic E-state index is 12.9. The van der Waals surface area contributed by atoms with Gasteiger partial charge < -0.3 is 14.9 Å². The SMILES string of the molecule is Cc1cc(C(F)(F)F)cc(O)c1-c1ccc2cn(C3COCC3O)nc2n1. The Balaban J connectivity index is 1.76. The second kappa shape index (κ2) is 6.21. The summed E-state index contributed by atoms with van der Waals surface area (Å²) < 4.78 is 45.5. The third-order valence-electron chi connectivity index (χ3n) is 4.65. The van der Waals surface area contributed by atoms with Crippen LogP contribution in [-0.2, 0) is 10.9 Å². The van der Waals surface area contributed by atoms with Gasteiger partial charge >= 0.3 is 6.18 Å². The molecule has 6 nitrogen and oxygen atoms in total. The lowest BCUT2D eigenvalue weighted by molar-refractivity contribution is -0.137. The van der Waals surface area contributed by atoms with E-state index in [0.717, 1.165) is 6.07 Å². The lowest BCUT2D eigenvalue weighted by atomic mass is 10.00. The number of aromatic nitrogens is 3. The maximum Gasteiger partial charge on any atom is 0.416 e. The normalized spacial score (nSPS) is 20.5. The molecule has 1 aromatic carbocycles. The quantitative estimate of drug-likeness (QED) is 0.715. The lowest BCUT2D eigenvalue weighted by Crippen LogP contribution is -2.22. The van der Waals surface area contributed by atoms with E-state index >= 15 is 0 Å². The van der Waals surface area contributed by atoms with Crippen molar-refractivity contribution in [2.75, 3.05) is 13.2 Å². The van der Waals surface area contributed by atoms with Crippen molar-refractivity contribution in [3.63, 3.8) is 0 Å². The molecule has 2 atom stereocenters. The molecule has 0 aliphatic carbocycles. The molecule has 0 radical (unpaired) electrons.